The fourth-order valence-electron chi connectivity index (χ4n) is 1.81. The summed E-state index contributed by atoms with van der Waals surface area (Å²) in [5, 5.41) is 2.84. The van der Waals surface area contributed by atoms with E-state index in [1.54, 1.807) is 4.90 Å². The molecule has 0 radical (unpaired) electrons. The molecule has 0 unspecified atom stereocenters. The number of nitrogens with zero attached hydrogens (tertiary/aromatic N) is 1. The van der Waals surface area contributed by atoms with Gasteiger partial charge in [0.25, 0.3) is 0 Å². The van der Waals surface area contributed by atoms with Gasteiger partial charge in [-0.1, -0.05) is 27.7 Å². The number of carbonyl (C=O) groups is 2. The van der Waals surface area contributed by atoms with Gasteiger partial charge in [-0.15, -0.1) is 0 Å². The number of carbonyl (C=O) groups excluding carboxylic acids is 2. The van der Waals surface area contributed by atoms with Crippen molar-refractivity contribution in [2.75, 3.05) is 26.3 Å². The van der Waals surface area contributed by atoms with Crippen LogP contribution in [0.15, 0.2) is 0 Å². The predicted octanol–water partition coefficient (Wildman–Crippen LogP) is 0.642. The molecule has 104 valence electrons. The van der Waals surface area contributed by atoms with E-state index in [2.05, 4.69) is 5.32 Å². The van der Waals surface area contributed by atoms with Crippen LogP contribution in [0.5, 0.6) is 0 Å². The monoisotopic (exact) mass is 256 g/mol. The summed E-state index contributed by atoms with van der Waals surface area (Å²) in [7, 11) is 0. The summed E-state index contributed by atoms with van der Waals surface area (Å²) in [4.78, 5) is 25.9. The standard InChI is InChI=1S/C13H24N2O3/c1-9(2)11(14-12(16)10(3)4)13(17)15-5-7-18-8-6-15/h9-11H,5-8H2,1-4H3,(H,14,16)/t11-/m0/s1. The van der Waals surface area contributed by atoms with Gasteiger partial charge >= 0.3 is 0 Å². The zero-order valence-corrected chi connectivity index (χ0v) is 11.7. The molecular formula is C13H24N2O3. The Morgan fingerprint density at radius 2 is 1.67 bits per heavy atom. The fraction of sp³-hybridized carbons (Fsp3) is 0.846. The Labute approximate surface area is 109 Å². The molecule has 0 aromatic carbocycles. The molecule has 1 atom stereocenters. The van der Waals surface area contributed by atoms with Crippen molar-refractivity contribution in [2.24, 2.45) is 11.8 Å². The van der Waals surface area contributed by atoms with E-state index >= 15 is 0 Å². The highest BCUT2D eigenvalue weighted by molar-refractivity contribution is 5.88. The van der Waals surface area contributed by atoms with Crippen molar-refractivity contribution < 1.29 is 14.3 Å². The molecule has 1 N–H and O–H groups in total. The van der Waals surface area contributed by atoms with Gasteiger partial charge in [-0.3, -0.25) is 9.59 Å². The van der Waals surface area contributed by atoms with Crippen molar-refractivity contribution in [3.63, 3.8) is 0 Å². The molecule has 5 heteroatoms. The Morgan fingerprint density at radius 3 is 2.11 bits per heavy atom. The van der Waals surface area contributed by atoms with Crippen LogP contribution in [0.25, 0.3) is 0 Å². The molecule has 1 saturated heterocycles. The van der Waals surface area contributed by atoms with Crippen molar-refractivity contribution in [1.82, 2.24) is 10.2 Å². The van der Waals surface area contributed by atoms with E-state index in [9.17, 15) is 9.59 Å². The molecule has 1 rings (SSSR count). The van der Waals surface area contributed by atoms with Gasteiger partial charge in [0.2, 0.25) is 11.8 Å². The highest BCUT2D eigenvalue weighted by Gasteiger charge is 2.29. The molecule has 0 spiro atoms. The Bertz CT molecular complexity index is 297. The van der Waals surface area contributed by atoms with Gasteiger partial charge in [0, 0.05) is 19.0 Å². The lowest BCUT2D eigenvalue weighted by Crippen LogP contribution is -2.54. The number of nitrogens with one attached hydrogen (secondary N) is 1. The third kappa shape index (κ3) is 3.98. The minimum Gasteiger partial charge on any atom is -0.378 e. The lowest BCUT2D eigenvalue weighted by Gasteiger charge is -2.32. The number of morpholine rings is 1. The molecule has 0 aromatic heterocycles. The minimum absolute atomic E-state index is 0.00213. The molecule has 0 bridgehead atoms. The topological polar surface area (TPSA) is 58.6 Å². The first-order valence-electron chi connectivity index (χ1n) is 6.60. The first-order chi connectivity index (χ1) is 8.43. The third-order valence-electron chi connectivity index (χ3n) is 3.08. The summed E-state index contributed by atoms with van der Waals surface area (Å²) in [6.45, 7) is 9.92. The number of ether oxygens (including phenoxy) is 1. The van der Waals surface area contributed by atoms with Crippen molar-refractivity contribution in [3.05, 3.63) is 0 Å². The zero-order chi connectivity index (χ0) is 13.7. The molecule has 2 amide bonds. The summed E-state index contributed by atoms with van der Waals surface area (Å²) < 4.78 is 5.23. The van der Waals surface area contributed by atoms with E-state index in [1.165, 1.54) is 0 Å². The van der Waals surface area contributed by atoms with Gasteiger partial charge in [0.15, 0.2) is 0 Å². The van der Waals surface area contributed by atoms with Crippen LogP contribution >= 0.6 is 0 Å². The van der Waals surface area contributed by atoms with Gasteiger partial charge < -0.3 is 15.0 Å². The van der Waals surface area contributed by atoms with E-state index in [1.807, 2.05) is 27.7 Å². The first-order valence-corrected chi connectivity index (χ1v) is 6.60. The number of hydrogen-bond donors (Lipinski definition) is 1. The van der Waals surface area contributed by atoms with Crippen molar-refractivity contribution in [3.8, 4) is 0 Å². The highest BCUT2D eigenvalue weighted by atomic mass is 16.5. The van der Waals surface area contributed by atoms with Crippen LogP contribution in [-0.4, -0.2) is 49.1 Å². The average molecular weight is 256 g/mol. The van der Waals surface area contributed by atoms with Crippen molar-refractivity contribution >= 4 is 11.8 Å². The highest BCUT2D eigenvalue weighted by Crippen LogP contribution is 2.09. The largest absolute Gasteiger partial charge is 0.378 e. The quantitative estimate of drug-likeness (QED) is 0.803. The Kier molecular flexibility index (Phi) is 5.59. The maximum Gasteiger partial charge on any atom is 0.245 e. The molecule has 0 saturated carbocycles. The number of amides is 2. The first kappa shape index (κ1) is 15.0. The van der Waals surface area contributed by atoms with Crippen molar-refractivity contribution in [2.45, 2.75) is 33.7 Å². The number of rotatable bonds is 4. The van der Waals surface area contributed by atoms with E-state index < -0.39 is 6.04 Å². The van der Waals surface area contributed by atoms with E-state index in [0.717, 1.165) is 0 Å². The fourth-order valence-corrected chi connectivity index (χ4v) is 1.81. The van der Waals surface area contributed by atoms with Crippen LogP contribution < -0.4 is 5.32 Å². The number of hydrogen-bond acceptors (Lipinski definition) is 3. The Morgan fingerprint density at radius 1 is 1.11 bits per heavy atom. The summed E-state index contributed by atoms with van der Waals surface area (Å²) in [6, 6.07) is -0.432. The third-order valence-corrected chi connectivity index (χ3v) is 3.08. The Balaban J connectivity index is 2.65. The lowest BCUT2D eigenvalue weighted by molar-refractivity contribution is -0.141. The predicted molar refractivity (Wildman–Crippen MR) is 69.0 cm³/mol. The van der Waals surface area contributed by atoms with Crippen LogP contribution in [0, 0.1) is 11.8 Å². The van der Waals surface area contributed by atoms with Gasteiger partial charge in [0.05, 0.1) is 13.2 Å². The summed E-state index contributed by atoms with van der Waals surface area (Å²) in [6.07, 6.45) is 0. The SMILES string of the molecule is CC(C)C(=O)N[C@H](C(=O)N1CCOCC1)C(C)C. The van der Waals surface area contributed by atoms with E-state index in [4.69, 9.17) is 4.74 Å². The van der Waals surface area contributed by atoms with Gasteiger partial charge in [-0.2, -0.15) is 0 Å². The molecule has 1 aliphatic heterocycles. The molecular weight excluding hydrogens is 232 g/mol. The molecule has 18 heavy (non-hydrogen) atoms. The van der Waals surface area contributed by atoms with E-state index in [0.29, 0.717) is 26.3 Å². The second kappa shape index (κ2) is 6.73. The van der Waals surface area contributed by atoms with Gasteiger partial charge in [0.1, 0.15) is 6.04 Å². The van der Waals surface area contributed by atoms with E-state index in [-0.39, 0.29) is 23.7 Å². The average Bonchev–Trinajstić information content (AvgIpc) is 2.35. The van der Waals surface area contributed by atoms with Crippen LogP contribution in [0.3, 0.4) is 0 Å². The molecule has 0 aliphatic carbocycles. The van der Waals surface area contributed by atoms with Crippen LogP contribution in [-0.2, 0) is 14.3 Å². The molecule has 1 aliphatic rings. The van der Waals surface area contributed by atoms with Crippen LogP contribution in [0.4, 0.5) is 0 Å². The minimum atomic E-state index is -0.432. The van der Waals surface area contributed by atoms with Gasteiger partial charge in [-0.25, -0.2) is 0 Å². The van der Waals surface area contributed by atoms with Gasteiger partial charge in [-0.05, 0) is 5.92 Å². The van der Waals surface area contributed by atoms with Crippen LogP contribution in [0.2, 0.25) is 0 Å². The summed E-state index contributed by atoms with van der Waals surface area (Å²) >= 11 is 0. The summed E-state index contributed by atoms with van der Waals surface area (Å²) in [5.41, 5.74) is 0. The van der Waals surface area contributed by atoms with Crippen molar-refractivity contribution in [1.29, 1.82) is 0 Å². The smallest absolute Gasteiger partial charge is 0.245 e. The van der Waals surface area contributed by atoms with Crippen LogP contribution in [0.1, 0.15) is 27.7 Å². The molecule has 5 nitrogen and oxygen atoms in total. The molecule has 1 fully saturated rings. The lowest BCUT2D eigenvalue weighted by atomic mass is 10.0. The normalized spacial score (nSPS) is 18.0. The zero-order valence-electron chi connectivity index (χ0n) is 11.7. The Hall–Kier alpha value is -1.10. The maximum atomic E-state index is 12.4. The second-order valence-corrected chi connectivity index (χ2v) is 5.32. The second-order valence-electron chi connectivity index (χ2n) is 5.32. The molecule has 0 aromatic rings. The summed E-state index contributed by atoms with van der Waals surface area (Å²) in [5.74, 6) is -0.0932. The molecule has 1 heterocycles. The maximum absolute atomic E-state index is 12.4.